The molecule has 0 fully saturated rings. The number of carbonyl (C=O) groups is 1. The van der Waals surface area contributed by atoms with Gasteiger partial charge in [-0.1, -0.05) is 35.9 Å². The van der Waals surface area contributed by atoms with Crippen LogP contribution in [-0.2, 0) is 11.3 Å². The lowest BCUT2D eigenvalue weighted by atomic mass is 9.85. The molecule has 0 saturated carbocycles. The quantitative estimate of drug-likeness (QED) is 0.578. The first kappa shape index (κ1) is 18.0. The maximum atomic E-state index is 12.3. The molecule has 0 bridgehead atoms. The topological polar surface area (TPSA) is 32.7 Å². The van der Waals surface area contributed by atoms with E-state index >= 15 is 0 Å². The highest BCUT2D eigenvalue weighted by molar-refractivity contribution is 7.16. The minimum Gasteiger partial charge on any atom is -0.333 e. The number of allylic oxidation sites excluding steroid dienone is 1. The van der Waals surface area contributed by atoms with Gasteiger partial charge in [0.05, 0.1) is 16.8 Å². The molecule has 3 nitrogen and oxygen atoms in total. The molecule has 0 N–H and O–H groups in total. The van der Waals surface area contributed by atoms with E-state index in [0.717, 1.165) is 15.6 Å². The van der Waals surface area contributed by atoms with Crippen LogP contribution in [-0.4, -0.2) is 22.5 Å². The molecule has 0 radical (unpaired) electrons. The van der Waals surface area contributed by atoms with E-state index in [2.05, 4.69) is 23.0 Å². The van der Waals surface area contributed by atoms with Crippen LogP contribution in [0.4, 0.5) is 0 Å². The van der Waals surface area contributed by atoms with Gasteiger partial charge in [-0.25, -0.2) is 4.99 Å². The molecule has 2 aliphatic rings. The van der Waals surface area contributed by atoms with Crippen LogP contribution >= 0.6 is 45.9 Å². The molecule has 26 heavy (non-hydrogen) atoms. The third-order valence-corrected chi connectivity index (χ3v) is 7.46. The SMILES string of the molecule is C=CC(=O)N1Cc2sc(Cl)cc2[C@H](c2ccsc2C2CC=CN=C2Cl)C1. The molecular weight excluding hydrogens is 407 g/mol. The van der Waals surface area contributed by atoms with E-state index in [1.165, 1.54) is 22.1 Å². The van der Waals surface area contributed by atoms with E-state index in [0.29, 0.717) is 18.3 Å². The lowest BCUT2D eigenvalue weighted by Crippen LogP contribution is -2.37. The second-order valence-electron chi connectivity index (χ2n) is 6.27. The van der Waals surface area contributed by atoms with Crippen molar-refractivity contribution < 1.29 is 4.79 Å². The number of rotatable bonds is 3. The Morgan fingerprint density at radius 3 is 2.96 bits per heavy atom. The molecule has 7 heteroatoms. The first-order valence-electron chi connectivity index (χ1n) is 8.23. The van der Waals surface area contributed by atoms with E-state index < -0.39 is 0 Å². The van der Waals surface area contributed by atoms with Gasteiger partial charge in [-0.05, 0) is 41.1 Å². The third kappa shape index (κ3) is 3.18. The molecule has 0 aromatic carbocycles. The standard InChI is InChI=1S/C19H16Cl2N2OS2/c1-2-17(24)23-9-14(13-8-16(20)26-15(13)10-23)11-5-7-25-18(11)12-4-3-6-22-19(12)21/h2-3,5-8,12,14H,1,4,9-10H2/t12?,14-/m0/s1. The molecule has 2 atom stereocenters. The summed E-state index contributed by atoms with van der Waals surface area (Å²) < 4.78 is 0.755. The molecular formula is C19H16Cl2N2OS2. The molecule has 0 spiro atoms. The molecule has 4 rings (SSSR count). The number of thiophene rings is 2. The molecule has 2 aliphatic heterocycles. The fourth-order valence-electron chi connectivity index (χ4n) is 3.57. The summed E-state index contributed by atoms with van der Waals surface area (Å²) in [5.74, 6) is 0.116. The number of hydrogen-bond acceptors (Lipinski definition) is 4. The van der Waals surface area contributed by atoms with Crippen LogP contribution in [0.5, 0.6) is 0 Å². The van der Waals surface area contributed by atoms with Gasteiger partial charge in [0.15, 0.2) is 0 Å². The number of nitrogens with zero attached hydrogens (tertiary/aromatic N) is 2. The number of aliphatic imine (C=N–C) groups is 1. The average Bonchev–Trinajstić information content (AvgIpc) is 3.26. The van der Waals surface area contributed by atoms with Crippen molar-refractivity contribution in [1.29, 1.82) is 0 Å². The van der Waals surface area contributed by atoms with Crippen molar-refractivity contribution in [2.75, 3.05) is 6.54 Å². The first-order chi connectivity index (χ1) is 12.6. The number of halogens is 2. The maximum Gasteiger partial charge on any atom is 0.246 e. The van der Waals surface area contributed by atoms with Crippen LogP contribution in [0.3, 0.4) is 0 Å². The smallest absolute Gasteiger partial charge is 0.246 e. The highest BCUT2D eigenvalue weighted by atomic mass is 35.5. The Morgan fingerprint density at radius 2 is 2.19 bits per heavy atom. The van der Waals surface area contributed by atoms with Crippen LogP contribution in [0.25, 0.3) is 0 Å². The Morgan fingerprint density at radius 1 is 1.35 bits per heavy atom. The van der Waals surface area contributed by atoms with Crippen molar-refractivity contribution >= 4 is 57.0 Å². The van der Waals surface area contributed by atoms with Gasteiger partial charge in [-0.2, -0.15) is 0 Å². The fourth-order valence-corrected chi connectivity index (χ4v) is 6.33. The predicted octanol–water partition coefficient (Wildman–Crippen LogP) is 5.76. The third-order valence-electron chi connectivity index (χ3n) is 4.79. The van der Waals surface area contributed by atoms with Crippen LogP contribution in [0, 0.1) is 0 Å². The Kier molecular flexibility index (Phi) is 5.06. The van der Waals surface area contributed by atoms with E-state index in [-0.39, 0.29) is 17.7 Å². The van der Waals surface area contributed by atoms with Crippen LogP contribution in [0.15, 0.2) is 47.4 Å². The Bertz CT molecular complexity index is 928. The van der Waals surface area contributed by atoms with E-state index in [1.54, 1.807) is 28.9 Å². The second kappa shape index (κ2) is 7.31. The molecule has 134 valence electrons. The summed E-state index contributed by atoms with van der Waals surface area (Å²) in [4.78, 5) is 20.7. The van der Waals surface area contributed by atoms with Crippen molar-refractivity contribution in [1.82, 2.24) is 4.90 Å². The van der Waals surface area contributed by atoms with Gasteiger partial charge in [0.1, 0.15) is 5.17 Å². The zero-order valence-corrected chi connectivity index (χ0v) is 17.0. The van der Waals surface area contributed by atoms with E-state index in [1.807, 2.05) is 17.0 Å². The summed E-state index contributed by atoms with van der Waals surface area (Å²) in [5.41, 5.74) is 2.42. The van der Waals surface area contributed by atoms with E-state index in [9.17, 15) is 4.79 Å². The molecule has 2 aromatic rings. The van der Waals surface area contributed by atoms with Gasteiger partial charge >= 0.3 is 0 Å². The summed E-state index contributed by atoms with van der Waals surface area (Å²) in [6, 6.07) is 4.18. The zero-order chi connectivity index (χ0) is 18.3. The predicted molar refractivity (Wildman–Crippen MR) is 111 cm³/mol. The van der Waals surface area contributed by atoms with Gasteiger partial charge in [-0.15, -0.1) is 22.7 Å². The number of amides is 1. The summed E-state index contributed by atoms with van der Waals surface area (Å²) in [6.07, 6.45) is 6.02. The maximum absolute atomic E-state index is 12.3. The van der Waals surface area contributed by atoms with Gasteiger partial charge in [0.25, 0.3) is 0 Å². The highest BCUT2D eigenvalue weighted by Gasteiger charge is 2.34. The highest BCUT2D eigenvalue weighted by Crippen LogP contribution is 2.44. The van der Waals surface area contributed by atoms with Crippen molar-refractivity contribution in [2.45, 2.75) is 24.8 Å². The molecule has 1 unspecified atom stereocenters. The largest absolute Gasteiger partial charge is 0.333 e. The minimum absolute atomic E-state index is 0.0536. The van der Waals surface area contributed by atoms with Gasteiger partial charge in [-0.3, -0.25) is 4.79 Å². The lowest BCUT2D eigenvalue weighted by molar-refractivity contribution is -0.127. The Balaban J connectivity index is 1.76. The summed E-state index contributed by atoms with van der Waals surface area (Å²) in [7, 11) is 0. The van der Waals surface area contributed by atoms with Crippen molar-refractivity contribution in [3.63, 3.8) is 0 Å². The summed E-state index contributed by atoms with van der Waals surface area (Å²) in [6.45, 7) is 4.84. The molecule has 0 aliphatic carbocycles. The second-order valence-corrected chi connectivity index (χ2v) is 9.37. The molecule has 1 amide bonds. The zero-order valence-electron chi connectivity index (χ0n) is 13.8. The van der Waals surface area contributed by atoms with Crippen molar-refractivity contribution in [3.05, 3.63) is 67.7 Å². The average molecular weight is 423 g/mol. The molecule has 4 heterocycles. The first-order valence-corrected chi connectivity index (χ1v) is 10.7. The molecule has 0 saturated heterocycles. The molecule has 2 aromatic heterocycles. The normalized spacial score (nSPS) is 22.1. The van der Waals surface area contributed by atoms with Crippen LogP contribution in [0.2, 0.25) is 4.34 Å². The van der Waals surface area contributed by atoms with Crippen LogP contribution in [0.1, 0.15) is 39.1 Å². The van der Waals surface area contributed by atoms with Gasteiger partial charge in [0.2, 0.25) is 5.91 Å². The number of hydrogen-bond donors (Lipinski definition) is 0. The van der Waals surface area contributed by atoms with Crippen LogP contribution < -0.4 is 0 Å². The van der Waals surface area contributed by atoms with Crippen molar-refractivity contribution in [2.24, 2.45) is 4.99 Å². The number of carbonyl (C=O) groups excluding carboxylic acids is 1. The minimum atomic E-state index is -0.0536. The van der Waals surface area contributed by atoms with E-state index in [4.69, 9.17) is 23.2 Å². The fraction of sp³-hybridized carbons (Fsp3) is 0.263. The monoisotopic (exact) mass is 422 g/mol. The Labute approximate surface area is 170 Å². The van der Waals surface area contributed by atoms with Gasteiger partial charge in [0, 0.05) is 28.4 Å². The van der Waals surface area contributed by atoms with Crippen molar-refractivity contribution in [3.8, 4) is 0 Å². The number of fused-ring (bicyclic) bond motifs is 1. The summed E-state index contributed by atoms with van der Waals surface area (Å²) >= 11 is 15.9. The lowest BCUT2D eigenvalue weighted by Gasteiger charge is -2.33. The Hall–Kier alpha value is -1.40. The van der Waals surface area contributed by atoms with Gasteiger partial charge < -0.3 is 4.90 Å². The summed E-state index contributed by atoms with van der Waals surface area (Å²) in [5, 5.41) is 2.71.